The van der Waals surface area contributed by atoms with Crippen LogP contribution in [0.15, 0.2) is 58.7 Å². The summed E-state index contributed by atoms with van der Waals surface area (Å²) < 4.78 is 3.35. The van der Waals surface area contributed by atoms with Crippen molar-refractivity contribution in [1.29, 1.82) is 0 Å². The van der Waals surface area contributed by atoms with Gasteiger partial charge in [-0.1, -0.05) is 47.7 Å². The van der Waals surface area contributed by atoms with E-state index in [2.05, 4.69) is 63.3 Å². The second kappa shape index (κ2) is 5.54. The quantitative estimate of drug-likeness (QED) is 0.611. The fourth-order valence-electron chi connectivity index (χ4n) is 2.99. The number of para-hydroxylation sites is 1. The van der Waals surface area contributed by atoms with E-state index < -0.39 is 0 Å². The molecule has 0 aliphatic heterocycles. The average molecular weight is 307 g/mol. The summed E-state index contributed by atoms with van der Waals surface area (Å²) in [7, 11) is 2.05. The first-order valence-electron chi connectivity index (χ1n) is 7.56. The molecule has 110 valence electrons. The largest absolute Gasteiger partial charge is 0.318 e. The maximum Gasteiger partial charge on any atom is 0.211 e. The van der Waals surface area contributed by atoms with Gasteiger partial charge in [0.2, 0.25) is 4.80 Å². The van der Waals surface area contributed by atoms with Gasteiger partial charge in [-0.2, -0.15) is 5.10 Å². The lowest BCUT2D eigenvalue weighted by Gasteiger charge is -2.16. The molecular weight excluding hydrogens is 290 g/mol. The Labute approximate surface area is 133 Å². The molecule has 0 saturated heterocycles. The summed E-state index contributed by atoms with van der Waals surface area (Å²) in [5.41, 5.74) is 4.97. The number of nitrogens with zero attached hydrogens (tertiary/aromatic N) is 3. The molecule has 0 saturated carbocycles. The van der Waals surface area contributed by atoms with E-state index in [0.29, 0.717) is 0 Å². The van der Waals surface area contributed by atoms with E-state index in [-0.39, 0.29) is 0 Å². The van der Waals surface area contributed by atoms with Gasteiger partial charge >= 0.3 is 0 Å². The van der Waals surface area contributed by atoms with Crippen LogP contribution in [-0.2, 0) is 13.5 Å². The lowest BCUT2D eigenvalue weighted by Crippen LogP contribution is -2.13. The second-order valence-electron chi connectivity index (χ2n) is 5.57. The molecule has 0 N–H and O–H groups in total. The SMILES string of the molecule is Cn1/c(=N/N=C2\CCCc3ccccc32)sc2ccccc21. The Morgan fingerprint density at radius 2 is 1.77 bits per heavy atom. The zero-order valence-corrected chi connectivity index (χ0v) is 13.3. The first-order valence-corrected chi connectivity index (χ1v) is 8.38. The van der Waals surface area contributed by atoms with Crippen LogP contribution in [0, 0.1) is 0 Å². The third-order valence-electron chi connectivity index (χ3n) is 4.16. The highest BCUT2D eigenvalue weighted by Crippen LogP contribution is 2.21. The average Bonchev–Trinajstić information content (AvgIpc) is 2.89. The summed E-state index contributed by atoms with van der Waals surface area (Å²) in [6.07, 6.45) is 3.31. The molecule has 3 nitrogen and oxygen atoms in total. The Morgan fingerprint density at radius 1 is 0.955 bits per heavy atom. The summed E-state index contributed by atoms with van der Waals surface area (Å²) >= 11 is 1.68. The van der Waals surface area contributed by atoms with Crippen LogP contribution in [0.25, 0.3) is 10.2 Å². The molecule has 0 amide bonds. The van der Waals surface area contributed by atoms with Crippen molar-refractivity contribution in [2.75, 3.05) is 0 Å². The van der Waals surface area contributed by atoms with Gasteiger partial charge in [-0.25, -0.2) is 0 Å². The molecule has 3 aromatic rings. The van der Waals surface area contributed by atoms with Gasteiger partial charge in [0.25, 0.3) is 0 Å². The number of aryl methyl sites for hydroxylation is 2. The predicted molar refractivity (Wildman–Crippen MR) is 92.3 cm³/mol. The fraction of sp³-hybridized carbons (Fsp3) is 0.222. The maximum atomic E-state index is 4.58. The standard InChI is InChI=1S/C18H17N3S/c1-21-16-11-4-5-12-17(16)22-18(21)20-19-15-10-6-8-13-7-2-3-9-14(13)15/h2-5,7,9,11-12H,6,8,10H2,1H3/b19-15+,20-18-. The van der Waals surface area contributed by atoms with Crippen LogP contribution in [0.5, 0.6) is 0 Å². The van der Waals surface area contributed by atoms with Crippen molar-refractivity contribution >= 4 is 27.3 Å². The molecular formula is C18H17N3S. The van der Waals surface area contributed by atoms with Gasteiger partial charge in [0.1, 0.15) is 0 Å². The van der Waals surface area contributed by atoms with Gasteiger partial charge in [-0.15, -0.1) is 5.10 Å². The zero-order valence-electron chi connectivity index (χ0n) is 12.5. The molecule has 1 heterocycles. The molecule has 1 aliphatic rings. The van der Waals surface area contributed by atoms with Crippen molar-refractivity contribution in [3.8, 4) is 0 Å². The molecule has 1 aliphatic carbocycles. The minimum Gasteiger partial charge on any atom is -0.318 e. The number of hydrogen-bond acceptors (Lipinski definition) is 3. The van der Waals surface area contributed by atoms with Crippen LogP contribution in [0.3, 0.4) is 0 Å². The van der Waals surface area contributed by atoms with E-state index in [1.54, 1.807) is 11.3 Å². The van der Waals surface area contributed by atoms with E-state index in [0.717, 1.165) is 29.8 Å². The number of hydrogen-bond donors (Lipinski definition) is 0. The molecule has 0 fully saturated rings. The molecule has 0 radical (unpaired) electrons. The highest BCUT2D eigenvalue weighted by atomic mass is 32.1. The Bertz CT molecular complexity index is 931. The molecule has 0 spiro atoms. The van der Waals surface area contributed by atoms with Crippen molar-refractivity contribution in [2.24, 2.45) is 17.3 Å². The van der Waals surface area contributed by atoms with Gasteiger partial charge < -0.3 is 4.57 Å². The summed E-state index contributed by atoms with van der Waals surface area (Å²) in [4.78, 5) is 0.941. The Kier molecular flexibility index (Phi) is 3.39. The van der Waals surface area contributed by atoms with E-state index >= 15 is 0 Å². The van der Waals surface area contributed by atoms with E-state index in [9.17, 15) is 0 Å². The van der Waals surface area contributed by atoms with E-state index in [1.807, 2.05) is 7.05 Å². The highest BCUT2D eigenvalue weighted by molar-refractivity contribution is 7.16. The van der Waals surface area contributed by atoms with Gasteiger partial charge in [-0.3, -0.25) is 0 Å². The Morgan fingerprint density at radius 3 is 2.68 bits per heavy atom. The second-order valence-corrected chi connectivity index (χ2v) is 6.58. The third kappa shape index (κ3) is 2.29. The maximum absolute atomic E-state index is 4.58. The van der Waals surface area contributed by atoms with Crippen LogP contribution in [0.4, 0.5) is 0 Å². The number of rotatable bonds is 1. The molecule has 2 aromatic carbocycles. The molecule has 0 unspecified atom stereocenters. The van der Waals surface area contributed by atoms with Gasteiger partial charge in [-0.05, 0) is 37.0 Å². The van der Waals surface area contributed by atoms with Crippen molar-refractivity contribution in [3.63, 3.8) is 0 Å². The first kappa shape index (κ1) is 13.5. The number of benzene rings is 2. The third-order valence-corrected chi connectivity index (χ3v) is 5.26. The van der Waals surface area contributed by atoms with Crippen molar-refractivity contribution in [2.45, 2.75) is 19.3 Å². The van der Waals surface area contributed by atoms with Gasteiger partial charge in [0.15, 0.2) is 0 Å². The van der Waals surface area contributed by atoms with Crippen molar-refractivity contribution < 1.29 is 0 Å². The van der Waals surface area contributed by atoms with Crippen LogP contribution in [-0.4, -0.2) is 10.3 Å². The molecule has 22 heavy (non-hydrogen) atoms. The van der Waals surface area contributed by atoms with Crippen LogP contribution in [0.1, 0.15) is 24.0 Å². The lowest BCUT2D eigenvalue weighted by atomic mass is 9.90. The predicted octanol–water partition coefficient (Wildman–Crippen LogP) is 3.88. The van der Waals surface area contributed by atoms with E-state index in [4.69, 9.17) is 0 Å². The summed E-state index contributed by atoms with van der Waals surface area (Å²) in [5.74, 6) is 0. The smallest absolute Gasteiger partial charge is 0.211 e. The highest BCUT2D eigenvalue weighted by Gasteiger charge is 2.14. The van der Waals surface area contributed by atoms with Crippen LogP contribution < -0.4 is 4.80 Å². The van der Waals surface area contributed by atoms with Gasteiger partial charge in [0.05, 0.1) is 15.9 Å². The van der Waals surface area contributed by atoms with E-state index in [1.165, 1.54) is 21.3 Å². The fourth-order valence-corrected chi connectivity index (χ4v) is 3.96. The normalized spacial score (nSPS) is 17.1. The molecule has 0 bridgehead atoms. The number of thiazole rings is 1. The minimum atomic E-state index is 0.941. The number of aromatic nitrogens is 1. The monoisotopic (exact) mass is 307 g/mol. The Hall–Kier alpha value is -2.20. The molecule has 4 heteroatoms. The number of fused-ring (bicyclic) bond motifs is 2. The Balaban J connectivity index is 1.82. The summed E-state index contributed by atoms with van der Waals surface area (Å²) in [5, 5.41) is 9.12. The van der Waals surface area contributed by atoms with Crippen LogP contribution in [0.2, 0.25) is 0 Å². The lowest BCUT2D eigenvalue weighted by molar-refractivity contribution is 0.828. The summed E-state index contributed by atoms with van der Waals surface area (Å²) in [6.45, 7) is 0. The first-order chi connectivity index (χ1) is 10.8. The minimum absolute atomic E-state index is 0.941. The van der Waals surface area contributed by atoms with Crippen LogP contribution >= 0.6 is 11.3 Å². The van der Waals surface area contributed by atoms with Crippen molar-refractivity contribution in [3.05, 3.63) is 64.5 Å². The topological polar surface area (TPSA) is 29.6 Å². The molecule has 4 rings (SSSR count). The van der Waals surface area contributed by atoms with Crippen molar-refractivity contribution in [1.82, 2.24) is 4.57 Å². The summed E-state index contributed by atoms with van der Waals surface area (Å²) in [6, 6.07) is 16.9. The zero-order chi connectivity index (χ0) is 14.9. The molecule has 0 atom stereocenters. The van der Waals surface area contributed by atoms with Gasteiger partial charge in [0, 0.05) is 12.6 Å². The molecule has 1 aromatic heterocycles.